The van der Waals surface area contributed by atoms with E-state index in [9.17, 15) is 0 Å². The molecule has 0 N–H and O–H groups in total. The zero-order valence-electron chi connectivity index (χ0n) is 22.7. The Labute approximate surface area is 227 Å². The molecule has 3 heterocycles. The van der Waals surface area contributed by atoms with Crippen molar-refractivity contribution in [2.45, 2.75) is 32.9 Å². The van der Waals surface area contributed by atoms with Crippen molar-refractivity contribution in [3.63, 3.8) is 0 Å². The fourth-order valence-electron chi connectivity index (χ4n) is 5.21. The Kier molecular flexibility index (Phi) is 8.02. The van der Waals surface area contributed by atoms with Crippen LogP contribution in [0.15, 0.2) is 48.0 Å². The van der Waals surface area contributed by atoms with Crippen LogP contribution in [0.25, 0.3) is 43.6 Å². The van der Waals surface area contributed by atoms with Gasteiger partial charge in [-0.25, -0.2) is 4.98 Å². The molecule has 0 saturated heterocycles. The van der Waals surface area contributed by atoms with Crippen LogP contribution in [-0.2, 0) is 22.6 Å². The first kappa shape index (κ1) is 26.3. The molecular formula is C30H35N3O4S. The van der Waals surface area contributed by atoms with Crippen LogP contribution in [0, 0.1) is 6.92 Å². The number of rotatable bonds is 12. The first-order valence-electron chi connectivity index (χ1n) is 12.9. The normalized spacial score (nSPS) is 11.6. The van der Waals surface area contributed by atoms with Crippen LogP contribution < -0.4 is 9.47 Å². The van der Waals surface area contributed by atoms with Crippen molar-refractivity contribution >= 4 is 33.1 Å². The molecule has 3 aromatic heterocycles. The molecular weight excluding hydrogens is 498 g/mol. The zero-order chi connectivity index (χ0) is 26.6. The monoisotopic (exact) mass is 533 g/mol. The molecule has 0 bridgehead atoms. The van der Waals surface area contributed by atoms with Gasteiger partial charge in [-0.05, 0) is 50.1 Å². The molecule has 5 aromatic rings. The third-order valence-electron chi connectivity index (χ3n) is 7.09. The number of hydrogen-bond donors (Lipinski definition) is 0. The molecule has 200 valence electrons. The van der Waals surface area contributed by atoms with E-state index in [-0.39, 0.29) is 0 Å². The molecule has 0 aliphatic carbocycles. The van der Waals surface area contributed by atoms with Crippen molar-refractivity contribution in [3.05, 3.63) is 53.7 Å². The minimum absolute atomic E-state index is 0.720. The van der Waals surface area contributed by atoms with E-state index < -0.39 is 0 Å². The zero-order valence-corrected chi connectivity index (χ0v) is 23.6. The first-order valence-corrected chi connectivity index (χ1v) is 13.8. The standard InChI is InChI=1S/C30H35N3O4S/c1-20-29(24-16-21(36-4)9-11-27(24)33(20)13-7-15-35-3)26-19-38-30(31-26)25-18-32(12-6-14-34-2)28-17-22(37-5)8-10-23(25)28/h8-11,16-19H,6-7,12-15H2,1-5H3. The smallest absolute Gasteiger partial charge is 0.126 e. The SMILES string of the molecule is COCCCn1cc(-c2nc(-c3c(C)n(CCCOC)c4ccc(OC)cc34)cs2)c2ccc(OC)cc21. The van der Waals surface area contributed by atoms with Gasteiger partial charge in [0.15, 0.2) is 0 Å². The van der Waals surface area contributed by atoms with Gasteiger partial charge in [-0.1, -0.05) is 0 Å². The molecule has 0 aliphatic heterocycles. The van der Waals surface area contributed by atoms with Crippen molar-refractivity contribution in [3.8, 4) is 33.3 Å². The predicted octanol–water partition coefficient (Wildman–Crippen LogP) is 6.79. The summed E-state index contributed by atoms with van der Waals surface area (Å²) in [4.78, 5) is 5.20. The number of aryl methyl sites for hydroxylation is 2. The van der Waals surface area contributed by atoms with E-state index in [0.29, 0.717) is 0 Å². The molecule has 0 fully saturated rings. The molecule has 0 amide bonds. The molecule has 5 rings (SSSR count). The van der Waals surface area contributed by atoms with E-state index in [1.165, 1.54) is 16.6 Å². The summed E-state index contributed by atoms with van der Waals surface area (Å²) < 4.78 is 26.4. The molecule has 38 heavy (non-hydrogen) atoms. The topological polar surface area (TPSA) is 59.7 Å². The van der Waals surface area contributed by atoms with E-state index in [0.717, 1.165) is 83.4 Å². The van der Waals surface area contributed by atoms with Crippen molar-refractivity contribution in [1.29, 1.82) is 0 Å². The van der Waals surface area contributed by atoms with Gasteiger partial charge in [0.2, 0.25) is 0 Å². The van der Waals surface area contributed by atoms with Crippen LogP contribution in [0.5, 0.6) is 11.5 Å². The molecule has 0 aliphatic rings. The number of fused-ring (bicyclic) bond motifs is 2. The maximum Gasteiger partial charge on any atom is 0.126 e. The second kappa shape index (κ2) is 11.6. The highest BCUT2D eigenvalue weighted by Gasteiger charge is 2.20. The summed E-state index contributed by atoms with van der Waals surface area (Å²) in [7, 11) is 6.90. The number of thiazole rings is 1. The summed E-state index contributed by atoms with van der Waals surface area (Å²) in [6.07, 6.45) is 4.09. The molecule has 0 spiro atoms. The minimum atomic E-state index is 0.720. The van der Waals surface area contributed by atoms with Crippen LogP contribution in [-0.4, -0.2) is 55.8 Å². The summed E-state index contributed by atoms with van der Waals surface area (Å²) in [5.74, 6) is 1.69. The van der Waals surface area contributed by atoms with Crippen LogP contribution in [0.3, 0.4) is 0 Å². The number of hydrogen-bond acceptors (Lipinski definition) is 6. The second-order valence-corrected chi connectivity index (χ2v) is 10.2. The highest BCUT2D eigenvalue weighted by molar-refractivity contribution is 7.13. The third-order valence-corrected chi connectivity index (χ3v) is 7.96. The summed E-state index contributed by atoms with van der Waals surface area (Å²) in [6, 6.07) is 12.5. The van der Waals surface area contributed by atoms with Gasteiger partial charge in [-0.2, -0.15) is 0 Å². The largest absolute Gasteiger partial charge is 0.497 e. The molecule has 2 aromatic carbocycles. The Bertz CT molecular complexity index is 1550. The van der Waals surface area contributed by atoms with Gasteiger partial charge in [0.25, 0.3) is 0 Å². The molecule has 0 atom stereocenters. The van der Waals surface area contributed by atoms with Gasteiger partial charge in [-0.15, -0.1) is 11.3 Å². The molecule has 0 radical (unpaired) electrons. The van der Waals surface area contributed by atoms with Gasteiger partial charge >= 0.3 is 0 Å². The van der Waals surface area contributed by atoms with E-state index in [1.807, 2.05) is 12.1 Å². The van der Waals surface area contributed by atoms with Crippen molar-refractivity contribution < 1.29 is 18.9 Å². The first-order chi connectivity index (χ1) is 18.6. The Morgan fingerprint density at radius 3 is 2.26 bits per heavy atom. The van der Waals surface area contributed by atoms with E-state index >= 15 is 0 Å². The maximum absolute atomic E-state index is 5.58. The molecule has 7 nitrogen and oxygen atoms in total. The molecule has 0 unspecified atom stereocenters. The van der Waals surface area contributed by atoms with Crippen LogP contribution in [0.1, 0.15) is 18.5 Å². The highest BCUT2D eigenvalue weighted by Crippen LogP contribution is 2.40. The number of aromatic nitrogens is 3. The van der Waals surface area contributed by atoms with E-state index in [2.05, 4.69) is 51.9 Å². The molecule has 0 saturated carbocycles. The third kappa shape index (κ3) is 4.91. The van der Waals surface area contributed by atoms with Crippen molar-refractivity contribution in [2.24, 2.45) is 0 Å². The summed E-state index contributed by atoms with van der Waals surface area (Å²) >= 11 is 1.68. The van der Waals surface area contributed by atoms with Crippen LogP contribution >= 0.6 is 11.3 Å². The maximum atomic E-state index is 5.58. The van der Waals surface area contributed by atoms with E-state index in [1.54, 1.807) is 39.8 Å². The fraction of sp³-hybridized carbons (Fsp3) is 0.367. The Morgan fingerprint density at radius 2 is 1.53 bits per heavy atom. The second-order valence-electron chi connectivity index (χ2n) is 9.34. The molecule has 8 heteroatoms. The van der Waals surface area contributed by atoms with Gasteiger partial charge < -0.3 is 28.1 Å². The summed E-state index contributed by atoms with van der Waals surface area (Å²) in [6.45, 7) is 5.38. The Morgan fingerprint density at radius 1 is 0.816 bits per heavy atom. The summed E-state index contributed by atoms with van der Waals surface area (Å²) in [5.41, 5.74) is 6.81. The average Bonchev–Trinajstić information content (AvgIpc) is 3.63. The number of benzene rings is 2. The quantitative estimate of drug-likeness (QED) is 0.165. The van der Waals surface area contributed by atoms with Crippen LogP contribution in [0.2, 0.25) is 0 Å². The Hall–Kier alpha value is -3.33. The minimum Gasteiger partial charge on any atom is -0.497 e. The lowest BCUT2D eigenvalue weighted by molar-refractivity contribution is 0.190. The number of ether oxygens (including phenoxy) is 4. The predicted molar refractivity (Wildman–Crippen MR) is 155 cm³/mol. The van der Waals surface area contributed by atoms with Crippen molar-refractivity contribution in [2.75, 3.05) is 41.7 Å². The van der Waals surface area contributed by atoms with Gasteiger partial charge in [-0.3, -0.25) is 0 Å². The lowest BCUT2D eigenvalue weighted by atomic mass is 10.1. The average molecular weight is 534 g/mol. The number of methoxy groups -OCH3 is 4. The van der Waals surface area contributed by atoms with Gasteiger partial charge in [0, 0.05) is 91.3 Å². The fourth-order valence-corrected chi connectivity index (χ4v) is 6.05. The van der Waals surface area contributed by atoms with Gasteiger partial charge in [0.05, 0.1) is 25.4 Å². The van der Waals surface area contributed by atoms with Gasteiger partial charge in [0.1, 0.15) is 16.5 Å². The summed E-state index contributed by atoms with van der Waals surface area (Å²) in [5, 5.41) is 5.50. The lowest BCUT2D eigenvalue weighted by Crippen LogP contribution is -2.03. The lowest BCUT2D eigenvalue weighted by Gasteiger charge is -2.08. The van der Waals surface area contributed by atoms with Crippen LogP contribution in [0.4, 0.5) is 0 Å². The Balaban J connectivity index is 1.60. The number of nitrogens with zero attached hydrogens (tertiary/aromatic N) is 3. The van der Waals surface area contributed by atoms with E-state index in [4.69, 9.17) is 23.9 Å². The van der Waals surface area contributed by atoms with Crippen molar-refractivity contribution in [1.82, 2.24) is 14.1 Å². The highest BCUT2D eigenvalue weighted by atomic mass is 32.1.